The van der Waals surface area contributed by atoms with Crippen molar-refractivity contribution in [3.05, 3.63) is 23.2 Å². The van der Waals surface area contributed by atoms with E-state index in [0.717, 1.165) is 6.07 Å². The number of ether oxygens (including phenoxy) is 1. The largest absolute Gasteiger partial charge is 0.433 e. The third-order valence-corrected chi connectivity index (χ3v) is 2.85. The van der Waals surface area contributed by atoms with Crippen LogP contribution in [0.3, 0.4) is 0 Å². The first-order valence-electron chi connectivity index (χ1n) is 3.58. The highest BCUT2D eigenvalue weighted by Crippen LogP contribution is 2.30. The summed E-state index contributed by atoms with van der Waals surface area (Å²) in [4.78, 5) is -0.646. The van der Waals surface area contributed by atoms with Gasteiger partial charge in [0.05, 0.1) is 5.02 Å². The van der Waals surface area contributed by atoms with Crippen LogP contribution in [0.15, 0.2) is 23.1 Å². The van der Waals surface area contributed by atoms with Gasteiger partial charge in [-0.2, -0.15) is 8.78 Å². The number of alkyl halides is 2. The summed E-state index contributed by atoms with van der Waals surface area (Å²) in [5.41, 5.74) is 0. The molecule has 0 fully saturated rings. The van der Waals surface area contributed by atoms with E-state index in [1.807, 2.05) is 0 Å². The number of hydrogen-bond donors (Lipinski definition) is 1. The molecule has 15 heavy (non-hydrogen) atoms. The molecule has 0 radical (unpaired) electrons. The van der Waals surface area contributed by atoms with Crippen molar-refractivity contribution in [2.45, 2.75) is 11.5 Å². The summed E-state index contributed by atoms with van der Waals surface area (Å²) in [6.45, 7) is -3.15. The van der Waals surface area contributed by atoms with Gasteiger partial charge in [-0.25, -0.2) is 13.6 Å². The van der Waals surface area contributed by atoms with Crippen molar-refractivity contribution in [2.24, 2.45) is 5.14 Å². The van der Waals surface area contributed by atoms with Crippen molar-refractivity contribution in [3.63, 3.8) is 0 Å². The Morgan fingerprint density at radius 2 is 2.00 bits per heavy atom. The number of nitrogens with two attached hydrogens (primary N) is 1. The van der Waals surface area contributed by atoms with Crippen molar-refractivity contribution in [3.8, 4) is 5.75 Å². The average Bonchev–Trinajstić information content (AvgIpc) is 1.99. The highest BCUT2D eigenvalue weighted by Gasteiger charge is 2.21. The van der Waals surface area contributed by atoms with Crippen LogP contribution in [-0.4, -0.2) is 15.0 Å². The number of sulfonamides is 1. The Kier molecular flexibility index (Phi) is 3.48. The second-order valence-corrected chi connectivity index (χ2v) is 4.40. The van der Waals surface area contributed by atoms with Crippen LogP contribution in [0.25, 0.3) is 0 Å². The van der Waals surface area contributed by atoms with Gasteiger partial charge in [-0.3, -0.25) is 0 Å². The minimum atomic E-state index is -4.20. The van der Waals surface area contributed by atoms with Crippen molar-refractivity contribution < 1.29 is 21.9 Å². The van der Waals surface area contributed by atoms with E-state index in [0.29, 0.717) is 0 Å². The summed E-state index contributed by atoms with van der Waals surface area (Å²) in [6.07, 6.45) is 0. The summed E-state index contributed by atoms with van der Waals surface area (Å²) in [5.74, 6) is -0.569. The molecule has 84 valence electrons. The Bertz CT molecular complexity index is 463. The van der Waals surface area contributed by atoms with E-state index in [4.69, 9.17) is 16.7 Å². The number of rotatable bonds is 3. The normalized spacial score (nSPS) is 11.8. The molecule has 0 saturated carbocycles. The fourth-order valence-corrected chi connectivity index (χ4v) is 2.18. The van der Waals surface area contributed by atoms with Gasteiger partial charge < -0.3 is 4.74 Å². The summed E-state index contributed by atoms with van der Waals surface area (Å²) in [6, 6.07) is 3.52. The van der Waals surface area contributed by atoms with E-state index >= 15 is 0 Å². The van der Waals surface area contributed by atoms with Gasteiger partial charge in [0.1, 0.15) is 10.6 Å². The molecular formula is C7H6ClF2NO3S. The molecule has 4 nitrogen and oxygen atoms in total. The maximum atomic E-state index is 11.9. The molecule has 0 spiro atoms. The van der Waals surface area contributed by atoms with E-state index in [-0.39, 0.29) is 5.02 Å². The lowest BCUT2D eigenvalue weighted by Crippen LogP contribution is -2.15. The van der Waals surface area contributed by atoms with Gasteiger partial charge in [0, 0.05) is 0 Å². The van der Waals surface area contributed by atoms with Gasteiger partial charge in [-0.15, -0.1) is 0 Å². The molecule has 0 saturated heterocycles. The van der Waals surface area contributed by atoms with E-state index in [1.165, 1.54) is 12.1 Å². The molecule has 0 atom stereocenters. The van der Waals surface area contributed by atoms with Gasteiger partial charge in [0.15, 0.2) is 0 Å². The molecule has 0 unspecified atom stereocenters. The van der Waals surface area contributed by atoms with Crippen LogP contribution in [-0.2, 0) is 10.0 Å². The minimum Gasteiger partial charge on any atom is -0.433 e. The molecule has 8 heteroatoms. The topological polar surface area (TPSA) is 69.4 Å². The Labute approximate surface area is 89.6 Å². The van der Waals surface area contributed by atoms with Gasteiger partial charge in [-0.1, -0.05) is 17.7 Å². The third-order valence-electron chi connectivity index (χ3n) is 1.43. The third kappa shape index (κ3) is 3.01. The first-order valence-corrected chi connectivity index (χ1v) is 5.51. The van der Waals surface area contributed by atoms with E-state index < -0.39 is 27.3 Å². The van der Waals surface area contributed by atoms with Crippen LogP contribution in [0.1, 0.15) is 0 Å². The summed E-state index contributed by atoms with van der Waals surface area (Å²) in [5, 5.41) is 4.53. The molecule has 0 aliphatic rings. The second-order valence-electron chi connectivity index (χ2n) is 2.49. The highest BCUT2D eigenvalue weighted by atomic mass is 35.5. The Morgan fingerprint density at radius 3 is 2.47 bits per heavy atom. The number of halogens is 3. The molecule has 0 aliphatic heterocycles. The van der Waals surface area contributed by atoms with Crippen LogP contribution in [0, 0.1) is 0 Å². The Balaban J connectivity index is 3.34. The summed E-state index contributed by atoms with van der Waals surface area (Å²) >= 11 is 5.51. The Morgan fingerprint density at radius 1 is 1.40 bits per heavy atom. The minimum absolute atomic E-state index is 0.268. The molecule has 0 bridgehead atoms. The fraction of sp³-hybridized carbons (Fsp3) is 0.143. The maximum Gasteiger partial charge on any atom is 0.387 e. The Hall–Kier alpha value is -0.920. The molecule has 1 rings (SSSR count). The van der Waals surface area contributed by atoms with Gasteiger partial charge >= 0.3 is 6.61 Å². The smallest absolute Gasteiger partial charge is 0.387 e. The van der Waals surface area contributed by atoms with Crippen LogP contribution in [0.4, 0.5) is 8.78 Å². The van der Waals surface area contributed by atoms with Gasteiger partial charge in [0.25, 0.3) is 0 Å². The van der Waals surface area contributed by atoms with E-state index in [2.05, 4.69) is 4.74 Å². The van der Waals surface area contributed by atoms with E-state index in [1.54, 1.807) is 0 Å². The van der Waals surface area contributed by atoms with Crippen molar-refractivity contribution >= 4 is 21.6 Å². The van der Waals surface area contributed by atoms with Crippen LogP contribution >= 0.6 is 11.6 Å². The maximum absolute atomic E-state index is 11.9. The first-order chi connectivity index (χ1) is 6.82. The van der Waals surface area contributed by atoms with Crippen molar-refractivity contribution in [1.29, 1.82) is 0 Å². The predicted octanol–water partition coefficient (Wildman–Crippen LogP) is 1.59. The zero-order chi connectivity index (χ0) is 11.6. The first kappa shape index (κ1) is 12.2. The molecule has 0 aromatic heterocycles. The van der Waals surface area contributed by atoms with Gasteiger partial charge in [-0.05, 0) is 12.1 Å². The highest BCUT2D eigenvalue weighted by molar-refractivity contribution is 7.89. The number of benzene rings is 1. The molecule has 0 heterocycles. The van der Waals surface area contributed by atoms with E-state index in [9.17, 15) is 17.2 Å². The quantitative estimate of drug-likeness (QED) is 0.894. The van der Waals surface area contributed by atoms with Gasteiger partial charge in [0.2, 0.25) is 10.0 Å². The standard InChI is InChI=1S/C7H6ClF2NO3S/c8-4-2-1-3-5(14-7(9)10)6(4)15(11,12)13/h1-3,7H,(H2,11,12,13). The van der Waals surface area contributed by atoms with Crippen molar-refractivity contribution in [2.75, 3.05) is 0 Å². The zero-order valence-corrected chi connectivity index (χ0v) is 8.73. The molecule has 1 aromatic rings. The summed E-state index contributed by atoms with van der Waals surface area (Å²) in [7, 11) is -4.20. The van der Waals surface area contributed by atoms with Crippen LogP contribution in [0.5, 0.6) is 5.75 Å². The molecule has 0 aliphatic carbocycles. The lowest BCUT2D eigenvalue weighted by Gasteiger charge is -2.09. The average molecular weight is 258 g/mol. The molecular weight excluding hydrogens is 252 g/mol. The SMILES string of the molecule is NS(=O)(=O)c1c(Cl)cccc1OC(F)F. The van der Waals surface area contributed by atoms with Crippen LogP contribution < -0.4 is 9.88 Å². The molecule has 2 N–H and O–H groups in total. The molecule has 1 aromatic carbocycles. The fourth-order valence-electron chi connectivity index (χ4n) is 0.954. The van der Waals surface area contributed by atoms with Crippen molar-refractivity contribution in [1.82, 2.24) is 0 Å². The lowest BCUT2D eigenvalue weighted by molar-refractivity contribution is -0.0517. The number of primary sulfonamides is 1. The lowest BCUT2D eigenvalue weighted by atomic mass is 10.3. The second kappa shape index (κ2) is 4.30. The zero-order valence-electron chi connectivity index (χ0n) is 7.15. The predicted molar refractivity (Wildman–Crippen MR) is 49.5 cm³/mol. The monoisotopic (exact) mass is 257 g/mol. The number of hydrogen-bond acceptors (Lipinski definition) is 3. The van der Waals surface area contributed by atoms with Crippen LogP contribution in [0.2, 0.25) is 5.02 Å². The molecule has 0 amide bonds. The summed E-state index contributed by atoms with van der Waals surface area (Å²) < 4.78 is 49.9.